The summed E-state index contributed by atoms with van der Waals surface area (Å²) in [4.78, 5) is 11.5. The highest BCUT2D eigenvalue weighted by atomic mass is 32.2. The molecule has 0 fully saturated rings. The van der Waals surface area contributed by atoms with E-state index in [9.17, 15) is 18.3 Å². The summed E-state index contributed by atoms with van der Waals surface area (Å²) in [6.07, 6.45) is 0. The lowest BCUT2D eigenvalue weighted by atomic mass is 10.1. The lowest BCUT2D eigenvalue weighted by molar-refractivity contribution is 0.0698. The number of anilines is 1. The van der Waals surface area contributed by atoms with Gasteiger partial charge in [-0.2, -0.15) is 0 Å². The topological polar surface area (TPSA) is 83.5 Å². The number of carboxylic acid groups (broad SMARTS) is 1. The number of sulfonamides is 1. The molecule has 0 radical (unpaired) electrons. The molecule has 0 aromatic heterocycles. The van der Waals surface area contributed by atoms with Crippen LogP contribution in [-0.4, -0.2) is 19.5 Å². The van der Waals surface area contributed by atoms with Crippen molar-refractivity contribution < 1.29 is 18.3 Å². The van der Waals surface area contributed by atoms with Crippen molar-refractivity contribution in [2.24, 2.45) is 0 Å². The number of carboxylic acids is 1. The third-order valence-electron chi connectivity index (χ3n) is 3.41. The van der Waals surface area contributed by atoms with Gasteiger partial charge in [-0.1, -0.05) is 42.5 Å². The minimum atomic E-state index is -3.85. The normalized spacial score (nSPS) is 11.3. The Balaban J connectivity index is 2.12. The number of fused-ring (bicyclic) bond motifs is 1. The van der Waals surface area contributed by atoms with E-state index in [2.05, 4.69) is 4.72 Å². The first-order valence-electron chi connectivity index (χ1n) is 6.81. The molecule has 0 saturated carbocycles. The van der Waals surface area contributed by atoms with Crippen molar-refractivity contribution in [3.8, 4) is 0 Å². The molecular weight excluding hydrogens is 314 g/mol. The summed E-state index contributed by atoms with van der Waals surface area (Å²) in [5, 5.41) is 10.8. The van der Waals surface area contributed by atoms with E-state index in [1.54, 1.807) is 42.5 Å². The van der Waals surface area contributed by atoms with Crippen molar-refractivity contribution in [2.45, 2.75) is 4.90 Å². The van der Waals surface area contributed by atoms with Crippen molar-refractivity contribution in [3.63, 3.8) is 0 Å². The second-order valence-electron chi connectivity index (χ2n) is 4.97. The fourth-order valence-corrected chi connectivity index (χ4v) is 3.40. The predicted molar refractivity (Wildman–Crippen MR) is 88.2 cm³/mol. The molecule has 0 amide bonds. The lowest BCUT2D eigenvalue weighted by Gasteiger charge is -2.12. The largest absolute Gasteiger partial charge is 0.478 e. The third-order valence-corrected chi connectivity index (χ3v) is 4.80. The van der Waals surface area contributed by atoms with Crippen LogP contribution < -0.4 is 4.72 Å². The van der Waals surface area contributed by atoms with E-state index in [1.165, 1.54) is 24.3 Å². The van der Waals surface area contributed by atoms with Crippen LogP contribution >= 0.6 is 0 Å². The summed E-state index contributed by atoms with van der Waals surface area (Å²) >= 11 is 0. The summed E-state index contributed by atoms with van der Waals surface area (Å²) in [6.45, 7) is 0. The van der Waals surface area contributed by atoms with Gasteiger partial charge in [-0.25, -0.2) is 13.2 Å². The SMILES string of the molecule is O=C(O)c1cc2ccccc2cc1NS(=O)(=O)c1ccccc1. The van der Waals surface area contributed by atoms with Crippen LogP contribution in [0, 0.1) is 0 Å². The maximum Gasteiger partial charge on any atom is 0.337 e. The average Bonchev–Trinajstić information content (AvgIpc) is 2.54. The molecule has 0 aliphatic carbocycles. The fourth-order valence-electron chi connectivity index (χ4n) is 2.31. The molecule has 0 saturated heterocycles. The molecule has 3 aromatic carbocycles. The van der Waals surface area contributed by atoms with Crippen LogP contribution in [0.1, 0.15) is 10.4 Å². The summed E-state index contributed by atoms with van der Waals surface area (Å²) in [5.41, 5.74) is -0.0525. The molecule has 0 aliphatic heterocycles. The number of aromatic carboxylic acids is 1. The van der Waals surface area contributed by atoms with Gasteiger partial charge in [0.25, 0.3) is 10.0 Å². The summed E-state index contributed by atoms with van der Waals surface area (Å²) in [5.74, 6) is -1.19. The number of carbonyl (C=O) groups is 1. The van der Waals surface area contributed by atoms with Gasteiger partial charge < -0.3 is 5.11 Å². The molecule has 0 unspecified atom stereocenters. The zero-order chi connectivity index (χ0) is 16.4. The number of nitrogens with one attached hydrogen (secondary N) is 1. The number of rotatable bonds is 4. The van der Waals surface area contributed by atoms with Crippen LogP contribution in [0.2, 0.25) is 0 Å². The van der Waals surface area contributed by atoms with Gasteiger partial charge in [-0.3, -0.25) is 4.72 Å². The van der Waals surface area contributed by atoms with Gasteiger partial charge in [-0.05, 0) is 35.0 Å². The Morgan fingerprint density at radius 1 is 0.870 bits per heavy atom. The molecule has 0 aliphatic rings. The van der Waals surface area contributed by atoms with Gasteiger partial charge in [0.05, 0.1) is 16.1 Å². The van der Waals surface area contributed by atoms with Gasteiger partial charge in [0.2, 0.25) is 0 Å². The molecule has 0 heterocycles. The van der Waals surface area contributed by atoms with Crippen molar-refractivity contribution in [1.29, 1.82) is 0 Å². The van der Waals surface area contributed by atoms with Gasteiger partial charge in [0, 0.05) is 0 Å². The number of hydrogen-bond donors (Lipinski definition) is 2. The van der Waals surface area contributed by atoms with E-state index < -0.39 is 16.0 Å². The molecule has 0 bridgehead atoms. The maximum absolute atomic E-state index is 12.4. The molecule has 6 heteroatoms. The molecule has 3 rings (SSSR count). The lowest BCUT2D eigenvalue weighted by Crippen LogP contribution is -2.15. The fraction of sp³-hybridized carbons (Fsp3) is 0. The molecule has 3 aromatic rings. The highest BCUT2D eigenvalue weighted by Gasteiger charge is 2.19. The molecule has 0 spiro atoms. The first-order chi connectivity index (χ1) is 11.0. The quantitative estimate of drug-likeness (QED) is 0.770. The summed E-state index contributed by atoms with van der Waals surface area (Å²) in [7, 11) is -3.85. The molecule has 5 nitrogen and oxygen atoms in total. The van der Waals surface area contributed by atoms with Crippen LogP contribution in [0.25, 0.3) is 10.8 Å². The Morgan fingerprint density at radius 2 is 1.43 bits per heavy atom. The highest BCUT2D eigenvalue weighted by molar-refractivity contribution is 7.92. The second-order valence-corrected chi connectivity index (χ2v) is 6.65. The number of benzene rings is 3. The predicted octanol–water partition coefficient (Wildman–Crippen LogP) is 3.34. The number of hydrogen-bond acceptors (Lipinski definition) is 3. The van der Waals surface area contributed by atoms with E-state index in [1.807, 2.05) is 0 Å². The molecular formula is C17H13NO4S. The van der Waals surface area contributed by atoms with Crippen molar-refractivity contribution in [1.82, 2.24) is 0 Å². The van der Waals surface area contributed by atoms with Crippen LogP contribution in [0.5, 0.6) is 0 Å². The van der Waals surface area contributed by atoms with E-state index in [-0.39, 0.29) is 16.1 Å². The molecule has 116 valence electrons. The molecule has 23 heavy (non-hydrogen) atoms. The van der Waals surface area contributed by atoms with Gasteiger partial charge in [-0.15, -0.1) is 0 Å². The first-order valence-corrected chi connectivity index (χ1v) is 8.30. The van der Waals surface area contributed by atoms with Crippen LogP contribution in [0.4, 0.5) is 5.69 Å². The molecule has 0 atom stereocenters. The standard InChI is InChI=1S/C17H13NO4S/c19-17(20)15-10-12-6-4-5-7-13(12)11-16(15)18-23(21,22)14-8-2-1-3-9-14/h1-11,18H,(H,19,20). The first kappa shape index (κ1) is 15.1. The van der Waals surface area contributed by atoms with E-state index in [4.69, 9.17) is 0 Å². The highest BCUT2D eigenvalue weighted by Crippen LogP contribution is 2.26. The van der Waals surface area contributed by atoms with Gasteiger partial charge >= 0.3 is 5.97 Å². The Morgan fingerprint density at radius 3 is 2.04 bits per heavy atom. The Kier molecular flexibility index (Phi) is 3.75. The zero-order valence-electron chi connectivity index (χ0n) is 11.9. The van der Waals surface area contributed by atoms with Crippen molar-refractivity contribution in [2.75, 3.05) is 4.72 Å². The summed E-state index contributed by atoms with van der Waals surface area (Å²) in [6, 6.07) is 18.0. The van der Waals surface area contributed by atoms with Crippen LogP contribution in [0.3, 0.4) is 0 Å². The maximum atomic E-state index is 12.4. The third kappa shape index (κ3) is 3.02. The monoisotopic (exact) mass is 327 g/mol. The smallest absolute Gasteiger partial charge is 0.337 e. The minimum absolute atomic E-state index is 0.0417. The summed E-state index contributed by atoms with van der Waals surface area (Å²) < 4.78 is 27.2. The van der Waals surface area contributed by atoms with E-state index >= 15 is 0 Å². The average molecular weight is 327 g/mol. The zero-order valence-corrected chi connectivity index (χ0v) is 12.7. The van der Waals surface area contributed by atoms with Gasteiger partial charge in [0.1, 0.15) is 0 Å². The second kappa shape index (κ2) is 5.73. The van der Waals surface area contributed by atoms with Crippen molar-refractivity contribution >= 4 is 32.5 Å². The Hall–Kier alpha value is -2.86. The Labute approximate surface area is 133 Å². The molecule has 2 N–H and O–H groups in total. The van der Waals surface area contributed by atoms with Crippen molar-refractivity contribution in [3.05, 3.63) is 72.3 Å². The van der Waals surface area contributed by atoms with E-state index in [0.717, 1.165) is 10.8 Å². The Bertz CT molecular complexity index is 982. The minimum Gasteiger partial charge on any atom is -0.478 e. The van der Waals surface area contributed by atoms with Gasteiger partial charge in [0.15, 0.2) is 0 Å². The van der Waals surface area contributed by atoms with E-state index in [0.29, 0.717) is 0 Å². The van der Waals surface area contributed by atoms with Crippen LogP contribution in [-0.2, 0) is 10.0 Å². The van der Waals surface area contributed by atoms with Crippen LogP contribution in [0.15, 0.2) is 71.6 Å².